The van der Waals surface area contributed by atoms with Gasteiger partial charge in [0.1, 0.15) is 12.4 Å². The van der Waals surface area contributed by atoms with Gasteiger partial charge in [0, 0.05) is 20.6 Å². The van der Waals surface area contributed by atoms with Crippen LogP contribution >= 0.6 is 0 Å². The van der Waals surface area contributed by atoms with Gasteiger partial charge in [-0.1, -0.05) is 0 Å². The van der Waals surface area contributed by atoms with Crippen LogP contribution in [0, 0.1) is 0 Å². The van der Waals surface area contributed by atoms with Crippen molar-refractivity contribution in [2.24, 2.45) is 0 Å². The summed E-state index contributed by atoms with van der Waals surface area (Å²) in [5.41, 5.74) is 0. The van der Waals surface area contributed by atoms with Crippen molar-refractivity contribution >= 4 is 17.5 Å². The van der Waals surface area contributed by atoms with Crippen molar-refractivity contribution < 1.29 is 9.53 Å². The van der Waals surface area contributed by atoms with Gasteiger partial charge in [0.05, 0.1) is 7.11 Å². The molecule has 7 heteroatoms. The molecule has 0 saturated carbocycles. The van der Waals surface area contributed by atoms with Crippen molar-refractivity contribution in [1.29, 1.82) is 0 Å². The number of hydrogen-bond acceptors (Lipinski definition) is 6. The first-order chi connectivity index (χ1) is 9.72. The Balaban J connectivity index is 2.39. The maximum atomic E-state index is 12.1. The third-order valence-corrected chi connectivity index (χ3v) is 3.55. The van der Waals surface area contributed by atoms with E-state index >= 15 is 0 Å². The van der Waals surface area contributed by atoms with E-state index in [1.807, 2.05) is 4.90 Å². The van der Waals surface area contributed by atoms with E-state index in [0.29, 0.717) is 17.4 Å². The second-order valence-electron chi connectivity index (χ2n) is 4.65. The second kappa shape index (κ2) is 6.40. The third-order valence-electron chi connectivity index (χ3n) is 3.55. The number of carbonyl (C=O) groups is 1. The highest BCUT2D eigenvalue weighted by molar-refractivity contribution is 5.85. The molecule has 20 heavy (non-hydrogen) atoms. The topological polar surface area (TPSA) is 79.4 Å². The van der Waals surface area contributed by atoms with Crippen LogP contribution in [-0.2, 0) is 4.79 Å². The summed E-state index contributed by atoms with van der Waals surface area (Å²) in [6.07, 6.45) is 4.39. The zero-order chi connectivity index (χ0) is 14.5. The number of piperidine rings is 1. The number of aromatic nitrogens is 2. The minimum absolute atomic E-state index is 0.0105. The van der Waals surface area contributed by atoms with Crippen molar-refractivity contribution in [3.8, 4) is 5.75 Å². The lowest BCUT2D eigenvalue weighted by Crippen LogP contribution is -2.49. The fourth-order valence-electron chi connectivity index (χ4n) is 2.56. The second-order valence-corrected chi connectivity index (χ2v) is 4.65. The molecule has 0 radical (unpaired) electrons. The molecule has 2 rings (SSSR count). The average Bonchev–Trinajstić information content (AvgIpc) is 2.53. The van der Waals surface area contributed by atoms with E-state index in [0.717, 1.165) is 25.8 Å². The summed E-state index contributed by atoms with van der Waals surface area (Å²) >= 11 is 0. The van der Waals surface area contributed by atoms with E-state index in [-0.39, 0.29) is 11.9 Å². The Morgan fingerprint density at radius 2 is 2.20 bits per heavy atom. The fraction of sp³-hybridized carbons (Fsp3) is 0.615. The minimum atomic E-state index is -0.206. The highest BCUT2D eigenvalue weighted by Gasteiger charge is 2.31. The number of nitrogens with one attached hydrogen (secondary N) is 2. The summed E-state index contributed by atoms with van der Waals surface area (Å²) < 4.78 is 5.42. The molecule has 1 aromatic rings. The summed E-state index contributed by atoms with van der Waals surface area (Å²) in [6, 6.07) is -0.206. The van der Waals surface area contributed by atoms with Crippen LogP contribution in [0.25, 0.3) is 0 Å². The summed E-state index contributed by atoms with van der Waals surface area (Å²) in [5.74, 6) is 1.88. The van der Waals surface area contributed by atoms with Crippen LogP contribution in [0.5, 0.6) is 5.75 Å². The molecule has 7 nitrogen and oxygen atoms in total. The summed E-state index contributed by atoms with van der Waals surface area (Å²) in [5, 5.41) is 5.70. The molecule has 1 aliphatic rings. The van der Waals surface area contributed by atoms with Crippen LogP contribution in [0.3, 0.4) is 0 Å². The van der Waals surface area contributed by atoms with Crippen molar-refractivity contribution in [1.82, 2.24) is 15.3 Å². The summed E-state index contributed by atoms with van der Waals surface area (Å²) in [4.78, 5) is 22.5. The highest BCUT2D eigenvalue weighted by Crippen LogP contribution is 2.35. The van der Waals surface area contributed by atoms with Crippen LogP contribution in [0.2, 0.25) is 0 Å². The van der Waals surface area contributed by atoms with Gasteiger partial charge >= 0.3 is 0 Å². The van der Waals surface area contributed by atoms with Crippen LogP contribution in [0.1, 0.15) is 19.3 Å². The number of likely N-dealkylation sites (N-methyl/N-ethyl adjacent to an activating group) is 1. The highest BCUT2D eigenvalue weighted by atomic mass is 16.5. The van der Waals surface area contributed by atoms with Gasteiger partial charge in [-0.15, -0.1) is 0 Å². The lowest BCUT2D eigenvalue weighted by Gasteiger charge is -2.36. The number of anilines is 2. The number of nitrogens with zero attached hydrogens (tertiary/aromatic N) is 3. The van der Waals surface area contributed by atoms with Gasteiger partial charge in [-0.2, -0.15) is 0 Å². The molecule has 1 unspecified atom stereocenters. The number of methoxy groups -OCH3 is 1. The number of carbonyl (C=O) groups excluding carboxylic acids is 1. The maximum Gasteiger partial charge on any atom is 0.242 e. The normalized spacial score (nSPS) is 18.6. The monoisotopic (exact) mass is 279 g/mol. The molecule has 2 heterocycles. The zero-order valence-electron chi connectivity index (χ0n) is 12.1. The maximum absolute atomic E-state index is 12.1. The molecule has 1 aromatic heterocycles. The van der Waals surface area contributed by atoms with Gasteiger partial charge in [0.15, 0.2) is 11.6 Å². The van der Waals surface area contributed by atoms with E-state index in [1.165, 1.54) is 6.33 Å². The molecule has 1 amide bonds. The minimum Gasteiger partial charge on any atom is -0.490 e. The molecule has 0 bridgehead atoms. The number of amides is 1. The van der Waals surface area contributed by atoms with E-state index in [9.17, 15) is 4.79 Å². The van der Waals surface area contributed by atoms with E-state index in [2.05, 4.69) is 20.6 Å². The Morgan fingerprint density at radius 3 is 2.85 bits per heavy atom. The molecule has 1 fully saturated rings. The molecule has 2 N–H and O–H groups in total. The predicted octanol–water partition coefficient (Wildman–Crippen LogP) is 0.632. The molecular formula is C13H21N5O2. The zero-order valence-corrected chi connectivity index (χ0v) is 12.1. The number of ether oxygens (including phenoxy) is 1. The van der Waals surface area contributed by atoms with Crippen molar-refractivity contribution in [3.05, 3.63) is 6.33 Å². The molecule has 1 saturated heterocycles. The van der Waals surface area contributed by atoms with Crippen molar-refractivity contribution in [2.45, 2.75) is 25.3 Å². The van der Waals surface area contributed by atoms with Crippen LogP contribution < -0.4 is 20.3 Å². The molecule has 1 aliphatic heterocycles. The number of rotatable bonds is 4. The van der Waals surface area contributed by atoms with E-state index in [1.54, 1.807) is 21.2 Å². The molecule has 0 aliphatic carbocycles. The first kappa shape index (κ1) is 14.4. The third kappa shape index (κ3) is 2.61. The molecule has 110 valence electrons. The standard InChI is InChI=1S/C13H21N5O2/c1-14-11-10(20-3)12(17-8-16-11)18-7-5-4-6-9(18)13(19)15-2/h8-9H,4-7H2,1-3H3,(H,15,19)(H,14,16,17). The Morgan fingerprint density at radius 1 is 1.40 bits per heavy atom. The summed E-state index contributed by atoms with van der Waals surface area (Å²) in [7, 11) is 5.02. The lowest BCUT2D eigenvalue weighted by molar-refractivity contribution is -0.122. The van der Waals surface area contributed by atoms with E-state index < -0.39 is 0 Å². The SMILES string of the molecule is CNC(=O)C1CCCCN1c1ncnc(NC)c1OC. The van der Waals surface area contributed by atoms with Crippen LogP contribution in [-0.4, -0.2) is 49.7 Å². The van der Waals surface area contributed by atoms with Gasteiger partial charge in [-0.3, -0.25) is 4.79 Å². The molecule has 0 spiro atoms. The van der Waals surface area contributed by atoms with Gasteiger partial charge in [-0.25, -0.2) is 9.97 Å². The van der Waals surface area contributed by atoms with Crippen LogP contribution in [0.4, 0.5) is 11.6 Å². The summed E-state index contributed by atoms with van der Waals surface area (Å²) in [6.45, 7) is 0.786. The van der Waals surface area contributed by atoms with Crippen molar-refractivity contribution in [3.63, 3.8) is 0 Å². The van der Waals surface area contributed by atoms with Gasteiger partial charge in [-0.05, 0) is 19.3 Å². The lowest BCUT2D eigenvalue weighted by atomic mass is 10.0. The average molecular weight is 279 g/mol. The van der Waals surface area contributed by atoms with Gasteiger partial charge < -0.3 is 20.3 Å². The fourth-order valence-corrected chi connectivity index (χ4v) is 2.56. The number of hydrogen-bond donors (Lipinski definition) is 2. The van der Waals surface area contributed by atoms with Gasteiger partial charge in [0.25, 0.3) is 0 Å². The first-order valence-corrected chi connectivity index (χ1v) is 6.78. The smallest absolute Gasteiger partial charge is 0.242 e. The van der Waals surface area contributed by atoms with E-state index in [4.69, 9.17) is 4.74 Å². The quantitative estimate of drug-likeness (QED) is 0.841. The largest absolute Gasteiger partial charge is 0.490 e. The molecular weight excluding hydrogens is 258 g/mol. The predicted molar refractivity (Wildman–Crippen MR) is 77.2 cm³/mol. The van der Waals surface area contributed by atoms with Gasteiger partial charge in [0.2, 0.25) is 11.7 Å². The Kier molecular flexibility index (Phi) is 4.60. The first-order valence-electron chi connectivity index (χ1n) is 6.78. The Labute approximate surface area is 118 Å². The Hall–Kier alpha value is -2.05. The van der Waals surface area contributed by atoms with Crippen molar-refractivity contribution in [2.75, 3.05) is 38.0 Å². The molecule has 1 atom stereocenters. The molecule has 0 aromatic carbocycles. The van der Waals surface area contributed by atoms with Crippen LogP contribution in [0.15, 0.2) is 6.33 Å². The Bertz CT molecular complexity index is 480.